The van der Waals surface area contributed by atoms with E-state index in [4.69, 9.17) is 18.9 Å². The van der Waals surface area contributed by atoms with Crippen molar-refractivity contribution in [2.75, 3.05) is 0 Å². The highest BCUT2D eigenvalue weighted by Crippen LogP contribution is 2.34. The molecule has 2 aromatic carbocycles. The molecule has 0 aromatic heterocycles. The van der Waals surface area contributed by atoms with E-state index in [1.807, 2.05) is 41.5 Å². The van der Waals surface area contributed by atoms with Crippen molar-refractivity contribution in [3.8, 4) is 11.5 Å². The number of benzene rings is 2. The van der Waals surface area contributed by atoms with Gasteiger partial charge in [-0.1, -0.05) is 12.1 Å². The van der Waals surface area contributed by atoms with E-state index in [9.17, 15) is 19.2 Å². The molecule has 11 heteroatoms. The number of ether oxygens (including phenoxy) is 4. The Balaban J connectivity index is 2.83. The Hall–Kier alpha value is -4.09. The maximum Gasteiger partial charge on any atom is 0.316 e. The van der Waals surface area contributed by atoms with Gasteiger partial charge in [-0.2, -0.15) is 0 Å². The Morgan fingerprint density at radius 1 is 0.464 bits per heavy atom. The minimum absolute atomic E-state index is 0.192. The van der Waals surface area contributed by atoms with Crippen LogP contribution in [0.25, 0.3) is 0 Å². The van der Waals surface area contributed by atoms with Crippen LogP contribution in [0.5, 0.6) is 11.5 Å². The molecule has 0 spiro atoms. The number of esters is 4. The molecule has 0 aliphatic rings. The van der Waals surface area contributed by atoms with Gasteiger partial charge in [-0.15, -0.1) is 0 Å². The third-order valence-corrected chi connectivity index (χ3v) is 8.13. The summed E-state index contributed by atoms with van der Waals surface area (Å²) in [7, 11) is 0. The van der Waals surface area contributed by atoms with Crippen molar-refractivity contribution in [1.29, 1.82) is 0 Å². The van der Waals surface area contributed by atoms with Gasteiger partial charge < -0.3 is 18.9 Å². The molecule has 312 valence electrons. The van der Waals surface area contributed by atoms with Gasteiger partial charge in [-0.3, -0.25) is 34.6 Å². The van der Waals surface area contributed by atoms with Crippen LogP contribution in [0.1, 0.15) is 159 Å². The average molecular weight is 781 g/mol. The van der Waals surface area contributed by atoms with Crippen LogP contribution in [-0.4, -0.2) is 40.7 Å². The van der Waals surface area contributed by atoms with Crippen molar-refractivity contribution < 1.29 is 42.9 Å². The molecule has 2 unspecified atom stereocenters. The highest BCUT2D eigenvalue weighted by molar-refractivity contribution is 5.91. The molecule has 0 amide bonds. The first-order valence-corrected chi connectivity index (χ1v) is 19.2. The molecule has 0 saturated carbocycles. The maximum atomic E-state index is 15.1. The van der Waals surface area contributed by atoms with Crippen LogP contribution in [-0.2, 0) is 46.7 Å². The van der Waals surface area contributed by atoms with Crippen LogP contribution in [0.3, 0.4) is 0 Å². The lowest BCUT2D eigenvalue weighted by Crippen LogP contribution is -2.48. The molecule has 0 heterocycles. The van der Waals surface area contributed by atoms with Crippen molar-refractivity contribution in [2.24, 2.45) is 21.7 Å². The first kappa shape index (κ1) is 48.1. The van der Waals surface area contributed by atoms with Gasteiger partial charge in [-0.25, -0.2) is 0 Å². The summed E-state index contributed by atoms with van der Waals surface area (Å²) in [6.45, 7) is 32.3. The molecule has 0 fully saturated rings. The summed E-state index contributed by atoms with van der Waals surface area (Å²) >= 11 is 0. The molecule has 2 rings (SSSR count). The van der Waals surface area contributed by atoms with E-state index in [1.54, 1.807) is 119 Å². The van der Waals surface area contributed by atoms with Crippen LogP contribution in [0.4, 0.5) is 0 Å². The molecule has 2 aromatic rings. The first-order valence-electron chi connectivity index (χ1n) is 19.2. The zero-order valence-electron chi connectivity index (χ0n) is 37.2. The molecule has 0 aliphatic carbocycles. The van der Waals surface area contributed by atoms with Gasteiger partial charge in [0.05, 0.1) is 33.7 Å². The van der Waals surface area contributed by atoms with Crippen molar-refractivity contribution in [1.82, 2.24) is 10.6 Å². The lowest BCUT2D eigenvalue weighted by Gasteiger charge is -2.34. The van der Waals surface area contributed by atoms with Crippen LogP contribution in [0.2, 0.25) is 0 Å². The number of hydrogen-bond donors (Lipinski definition) is 2. The summed E-state index contributed by atoms with van der Waals surface area (Å²) in [6, 6.07) is 8.31. The summed E-state index contributed by atoms with van der Waals surface area (Å²) in [4.78, 5) is 66.9. The molecule has 2 N–H and O–H groups in total. The van der Waals surface area contributed by atoms with Gasteiger partial charge in [0.15, 0.2) is 5.78 Å². The smallest absolute Gasteiger partial charge is 0.316 e. The second-order valence-corrected chi connectivity index (χ2v) is 20.7. The van der Waals surface area contributed by atoms with Crippen LogP contribution in [0, 0.1) is 21.7 Å². The Morgan fingerprint density at radius 2 is 0.750 bits per heavy atom. The Labute approximate surface area is 335 Å². The quantitative estimate of drug-likeness (QED) is 0.157. The van der Waals surface area contributed by atoms with Gasteiger partial charge in [0, 0.05) is 22.2 Å². The molecular formula is C45H68N2O9. The molecule has 11 nitrogen and oxygen atoms in total. The minimum Gasteiger partial charge on any atom is -0.460 e. The van der Waals surface area contributed by atoms with Crippen molar-refractivity contribution >= 4 is 29.7 Å². The standard InChI is InChI=1S/C45H68N2O9/c1-40(2,3)36(49)53-25-29-23-27(19-21-31(29)55-38(51)42(7,8)9)33(46-44(13,14)15)35(48)34(47-45(16,17)18)28-20-22-32(56-39(52)43(10,11)12)30(24-28)26-54-37(50)41(4,5)6/h19-24,33-34,46-47H,25-26H2,1-18H3. The number of Topliss-reactive ketones (excluding diaryl/α,β-unsaturated/α-hetero) is 1. The van der Waals surface area contributed by atoms with Gasteiger partial charge in [-0.05, 0) is 160 Å². The topological polar surface area (TPSA) is 146 Å². The zero-order valence-corrected chi connectivity index (χ0v) is 37.2. The highest BCUT2D eigenvalue weighted by Gasteiger charge is 2.36. The molecule has 0 aliphatic heterocycles. The Morgan fingerprint density at radius 3 is 1.00 bits per heavy atom. The fourth-order valence-electron chi connectivity index (χ4n) is 4.88. The first-order chi connectivity index (χ1) is 25.1. The highest BCUT2D eigenvalue weighted by atomic mass is 16.6. The number of rotatable bonds is 12. The molecule has 0 bridgehead atoms. The normalized spacial score (nSPS) is 14.0. The van der Waals surface area contributed by atoms with E-state index in [0.29, 0.717) is 22.3 Å². The summed E-state index contributed by atoms with van der Waals surface area (Å²) < 4.78 is 23.0. The van der Waals surface area contributed by atoms with Gasteiger partial charge in [0.25, 0.3) is 0 Å². The lowest BCUT2D eigenvalue weighted by molar-refractivity contribution is -0.155. The molecule has 0 saturated heterocycles. The van der Waals surface area contributed by atoms with E-state index in [2.05, 4.69) is 10.6 Å². The Bertz CT molecular complexity index is 1620. The summed E-state index contributed by atoms with van der Waals surface area (Å²) in [5.74, 6) is -1.62. The largest absolute Gasteiger partial charge is 0.460 e. The zero-order chi connectivity index (χ0) is 43.4. The predicted molar refractivity (Wildman–Crippen MR) is 218 cm³/mol. The third-order valence-electron chi connectivity index (χ3n) is 8.13. The number of nitrogens with one attached hydrogen (secondary N) is 2. The molecular weight excluding hydrogens is 713 g/mol. The summed E-state index contributed by atoms with van der Waals surface area (Å²) in [6.07, 6.45) is 0. The van der Waals surface area contributed by atoms with Crippen LogP contribution in [0.15, 0.2) is 36.4 Å². The fraction of sp³-hybridized carbons (Fsp3) is 0.622. The molecule has 2 atom stereocenters. The maximum absolute atomic E-state index is 15.1. The summed E-state index contributed by atoms with van der Waals surface area (Å²) in [5, 5.41) is 6.98. The average Bonchev–Trinajstić information content (AvgIpc) is 3.01. The number of carbonyl (C=O) groups is 5. The van der Waals surface area contributed by atoms with E-state index in [-0.39, 0.29) is 30.5 Å². The fourth-order valence-corrected chi connectivity index (χ4v) is 4.88. The Kier molecular flexibility index (Phi) is 15.1. The molecule has 56 heavy (non-hydrogen) atoms. The van der Waals surface area contributed by atoms with E-state index in [0.717, 1.165) is 0 Å². The van der Waals surface area contributed by atoms with E-state index in [1.165, 1.54) is 0 Å². The number of ketones is 1. The number of hydrogen-bond acceptors (Lipinski definition) is 11. The van der Waals surface area contributed by atoms with Gasteiger partial charge in [0.1, 0.15) is 24.7 Å². The van der Waals surface area contributed by atoms with Crippen molar-refractivity contribution in [2.45, 2.75) is 161 Å². The SMILES string of the molecule is CC(C)(C)NC(C(=O)C(NC(C)(C)C)c1ccc(OC(=O)C(C)(C)C)c(COC(=O)C(C)(C)C)c1)c1ccc(OC(=O)C(C)(C)C)c(COC(=O)C(C)(C)C)c1. The van der Waals surface area contributed by atoms with Crippen LogP contribution >= 0.6 is 0 Å². The molecule has 0 radical (unpaired) electrons. The van der Waals surface area contributed by atoms with E-state index >= 15 is 4.79 Å². The number of carbonyl (C=O) groups excluding carboxylic acids is 5. The van der Waals surface area contributed by atoms with Crippen molar-refractivity contribution in [3.63, 3.8) is 0 Å². The van der Waals surface area contributed by atoms with Crippen molar-refractivity contribution in [3.05, 3.63) is 58.7 Å². The van der Waals surface area contributed by atoms with Crippen LogP contribution < -0.4 is 20.1 Å². The third kappa shape index (κ3) is 14.8. The van der Waals surface area contributed by atoms with Gasteiger partial charge >= 0.3 is 23.9 Å². The van der Waals surface area contributed by atoms with E-state index < -0.39 is 68.7 Å². The minimum atomic E-state index is -0.917. The lowest BCUT2D eigenvalue weighted by atomic mass is 9.88. The second-order valence-electron chi connectivity index (χ2n) is 20.7. The monoisotopic (exact) mass is 780 g/mol. The van der Waals surface area contributed by atoms with Gasteiger partial charge in [0.2, 0.25) is 0 Å². The second kappa shape index (κ2) is 17.6. The summed E-state index contributed by atoms with van der Waals surface area (Å²) in [5.41, 5.74) is -2.33. The predicted octanol–water partition coefficient (Wildman–Crippen LogP) is 8.90.